The minimum absolute atomic E-state index is 0. The van der Waals surface area contributed by atoms with Crippen molar-refractivity contribution in [2.24, 2.45) is 7.05 Å². The minimum Gasteiger partial charge on any atom is -0.186 e. The molecular weight excluding hydrogens is 1040 g/mol. The molecule has 11 heteroatoms. The van der Waals surface area contributed by atoms with E-state index in [1.165, 1.54) is 22.3 Å². The molecule has 4 aromatic carbocycles. The molecule has 0 spiro atoms. The van der Waals surface area contributed by atoms with E-state index in [1.54, 1.807) is 0 Å². The maximum atomic E-state index is 11.9. The second-order valence-electron chi connectivity index (χ2n) is 12.2. The monoisotopic (exact) mass is 1090 g/mol. The van der Waals surface area contributed by atoms with Crippen molar-refractivity contribution in [3.8, 4) is 11.4 Å². The number of imidazole rings is 1. The number of nitrogen functional groups attached to an aromatic ring is 1. The molecule has 285 valence electrons. The summed E-state index contributed by atoms with van der Waals surface area (Å²) in [5.74, 6) is 1.62. The van der Waals surface area contributed by atoms with Gasteiger partial charge in [0.15, 0.2) is 0 Å². The van der Waals surface area contributed by atoms with Crippen LogP contribution < -0.4 is 19.0 Å². The Labute approximate surface area is 357 Å². The van der Waals surface area contributed by atoms with Crippen LogP contribution in [0.5, 0.6) is 0 Å². The molecule has 5 rings (SSSR count). The largest absolute Gasteiger partial charge is 0.373 e. The van der Waals surface area contributed by atoms with Crippen LogP contribution in [0.25, 0.3) is 22.4 Å². The first-order chi connectivity index (χ1) is 24.9. The standard InChI is InChI=1S/C20H22N2O.C13H18O.C8H11N.CO2.I3.V/c1-4-7-17(23)13-15-10-11-16(12-14(15)2)20-21-18-8-5-6-9-19(18)22(20)3;1-4-5-13(14)9-12-7-6-10(2)8-11(12)3;1-2-7-5-3-4-6-8(7)9;2-1-3;1-3-2;/h5-6,8-12H,4,7,13H2,1-3H3;6-8H,4-5,9H2,1-3H3;3-6H,2,9H2,1H3;;;/q;;;;-1;. The zero-order chi connectivity index (χ0) is 39.1. The van der Waals surface area contributed by atoms with Gasteiger partial charge in [0.25, 0.3) is 0 Å². The summed E-state index contributed by atoms with van der Waals surface area (Å²) in [6, 6.07) is 28.6. The number of carbonyl (C=O) groups excluding carboxylic acids is 4. The molecule has 0 saturated heterocycles. The predicted octanol–water partition coefficient (Wildman–Crippen LogP) is 7.70. The molecule has 0 fully saturated rings. The van der Waals surface area contributed by atoms with Gasteiger partial charge in [0.2, 0.25) is 0 Å². The van der Waals surface area contributed by atoms with Gasteiger partial charge in [-0.3, -0.25) is 9.59 Å². The third kappa shape index (κ3) is 18.7. The molecule has 5 aromatic rings. The fourth-order valence-corrected chi connectivity index (χ4v) is 5.50. The molecule has 0 amide bonds. The summed E-state index contributed by atoms with van der Waals surface area (Å²) in [6.45, 7) is 12.4. The number of carbonyl (C=O) groups is 2. The molecule has 0 aliphatic carbocycles. The summed E-state index contributed by atoms with van der Waals surface area (Å²) in [5, 5.41) is 0. The van der Waals surface area contributed by atoms with Gasteiger partial charge < -0.3 is 10.3 Å². The molecule has 1 aromatic heterocycles. The number of nitrogens with two attached hydrogens (primary N) is 1. The quantitative estimate of drug-likeness (QED) is 0.114. The van der Waals surface area contributed by atoms with Crippen molar-refractivity contribution >= 4 is 71.7 Å². The number of benzene rings is 4. The number of hydrogen-bond acceptors (Lipinski definition) is 6. The average Bonchev–Trinajstić information content (AvgIpc) is 3.45. The molecule has 0 aliphatic heterocycles. The number of anilines is 1. The van der Waals surface area contributed by atoms with Crippen molar-refractivity contribution in [3.05, 3.63) is 118 Å². The maximum absolute atomic E-state index is 11.9. The second-order valence-corrected chi connectivity index (χ2v) is 28.4. The van der Waals surface area contributed by atoms with Gasteiger partial charge >= 0.3 is 56.6 Å². The Morgan fingerprint density at radius 2 is 1.25 bits per heavy atom. The first-order valence-corrected chi connectivity index (χ1v) is 29.8. The predicted molar refractivity (Wildman–Crippen MR) is 227 cm³/mol. The molecule has 0 bridgehead atoms. The van der Waals surface area contributed by atoms with Crippen molar-refractivity contribution in [3.63, 3.8) is 0 Å². The van der Waals surface area contributed by atoms with E-state index in [4.69, 9.17) is 20.3 Å². The van der Waals surface area contributed by atoms with Crippen LogP contribution in [0.2, 0.25) is 0 Å². The molecule has 7 nitrogen and oxygen atoms in total. The Kier molecular flexibility index (Phi) is 27.7. The van der Waals surface area contributed by atoms with Gasteiger partial charge in [0.1, 0.15) is 17.4 Å². The fourth-order valence-electron chi connectivity index (χ4n) is 5.50. The van der Waals surface area contributed by atoms with E-state index >= 15 is 0 Å². The van der Waals surface area contributed by atoms with E-state index in [0.29, 0.717) is 50.5 Å². The van der Waals surface area contributed by atoms with E-state index in [-0.39, 0.29) is 24.7 Å². The van der Waals surface area contributed by atoms with Crippen LogP contribution in [0.3, 0.4) is 0 Å². The van der Waals surface area contributed by atoms with Crippen LogP contribution >= 0.6 is 37.2 Å². The topological polar surface area (TPSA) is 112 Å². The number of rotatable bonds is 10. The maximum Gasteiger partial charge on any atom is 0.373 e. The number of aromatic nitrogens is 2. The number of nitrogens with zero attached hydrogens (tertiary/aromatic N) is 2. The van der Waals surface area contributed by atoms with Gasteiger partial charge in [-0.25, -0.2) is 4.98 Å². The molecule has 53 heavy (non-hydrogen) atoms. The number of fused-ring (bicyclic) bond motifs is 1. The number of ketones is 2. The van der Waals surface area contributed by atoms with Crippen molar-refractivity contribution in [1.29, 1.82) is 0 Å². The van der Waals surface area contributed by atoms with Crippen molar-refractivity contribution in [2.45, 2.75) is 86.5 Å². The van der Waals surface area contributed by atoms with E-state index in [9.17, 15) is 9.59 Å². The second kappa shape index (κ2) is 29.0. The van der Waals surface area contributed by atoms with Crippen LogP contribution in [0, 0.1) is 20.8 Å². The van der Waals surface area contributed by atoms with Gasteiger partial charge in [-0.15, -0.1) is 0 Å². The zero-order valence-corrected chi connectivity index (χ0v) is 39.6. The SMILES string of the molecule is CCCC(=O)Cc1ccc(-c2nc3ccccc3n2C)cc1C.CCCC(=O)Cc1ccc(C)cc1C.CCc1ccccc1N.I[I-]I.O=C=O.[V]. The molecule has 0 atom stereocenters. The van der Waals surface area contributed by atoms with Crippen LogP contribution in [-0.4, -0.2) is 27.3 Å². The number of para-hydroxylation sites is 3. The first kappa shape index (κ1) is 50.6. The summed E-state index contributed by atoms with van der Waals surface area (Å²) in [4.78, 5) is 44.3. The first-order valence-electron chi connectivity index (χ1n) is 17.2. The summed E-state index contributed by atoms with van der Waals surface area (Å²) in [5.41, 5.74) is 16.9. The molecule has 1 radical (unpaired) electrons. The molecule has 1 heterocycles. The Morgan fingerprint density at radius 3 is 1.70 bits per heavy atom. The van der Waals surface area contributed by atoms with E-state index in [2.05, 4.69) is 118 Å². The van der Waals surface area contributed by atoms with Crippen molar-refractivity contribution in [2.75, 3.05) is 5.73 Å². The van der Waals surface area contributed by atoms with Gasteiger partial charge in [0, 0.05) is 62.5 Å². The van der Waals surface area contributed by atoms with E-state index in [0.717, 1.165) is 58.5 Å². The van der Waals surface area contributed by atoms with E-state index in [1.807, 2.05) is 57.3 Å². The number of aryl methyl sites for hydroxylation is 5. The van der Waals surface area contributed by atoms with Gasteiger partial charge in [-0.05, 0) is 92.1 Å². The zero-order valence-electron chi connectivity index (χ0n) is 31.7. The van der Waals surface area contributed by atoms with Crippen molar-refractivity contribution < 1.29 is 51.0 Å². The van der Waals surface area contributed by atoms with E-state index < -0.39 is 0 Å². The molecule has 0 saturated carbocycles. The number of hydrogen-bond donors (Lipinski definition) is 1. The Hall–Kier alpha value is -2.36. The number of Topliss-reactive ketones (excluding diaryl/α,β-unsaturated/α-hetero) is 2. The normalized spacial score (nSPS) is 9.68. The summed E-state index contributed by atoms with van der Waals surface area (Å²) < 4.78 is 2.12. The molecule has 2 N–H and O–H groups in total. The molecular formula is C42H51I3N3O4V-. The van der Waals surface area contributed by atoms with Crippen LogP contribution in [0.1, 0.15) is 79.8 Å². The summed E-state index contributed by atoms with van der Waals surface area (Å²) >= 11 is 5.30. The van der Waals surface area contributed by atoms with Crippen LogP contribution in [-0.2, 0) is 64.0 Å². The van der Waals surface area contributed by atoms with Gasteiger partial charge in [0.05, 0.1) is 11.0 Å². The Balaban J connectivity index is 0.000000768. The van der Waals surface area contributed by atoms with Crippen LogP contribution in [0.4, 0.5) is 5.69 Å². The third-order valence-electron chi connectivity index (χ3n) is 8.15. The van der Waals surface area contributed by atoms with Crippen molar-refractivity contribution in [1.82, 2.24) is 9.55 Å². The summed E-state index contributed by atoms with van der Waals surface area (Å²) in [6.07, 6.45) is 5.62. The number of halogens is 3. The van der Waals surface area contributed by atoms with Crippen LogP contribution in [0.15, 0.2) is 84.9 Å². The third-order valence-corrected chi connectivity index (χ3v) is 8.15. The molecule has 0 aliphatic rings. The Morgan fingerprint density at radius 1 is 0.755 bits per heavy atom. The minimum atomic E-state index is 0. The molecule has 0 unspecified atom stereocenters. The summed E-state index contributed by atoms with van der Waals surface area (Å²) in [7, 11) is 2.04. The smallest absolute Gasteiger partial charge is 0.186 e. The average molecular weight is 1090 g/mol. The fraction of sp³-hybridized carbons (Fsp3) is 0.333. The Bertz CT molecular complexity index is 1890. The van der Waals surface area contributed by atoms with Gasteiger partial charge in [-0.2, -0.15) is 9.59 Å². The van der Waals surface area contributed by atoms with Gasteiger partial charge in [-0.1, -0.05) is 87.0 Å².